The Morgan fingerprint density at radius 3 is 1.17 bits per heavy atom. The molecule has 0 fully saturated rings. The van der Waals surface area contributed by atoms with Gasteiger partial charge in [-0.25, -0.2) is 0 Å². The van der Waals surface area contributed by atoms with E-state index in [4.69, 9.17) is 0 Å². The fourth-order valence-corrected chi connectivity index (χ4v) is 4.29. The summed E-state index contributed by atoms with van der Waals surface area (Å²) >= 11 is 0. The Labute approximate surface area is 184 Å². The molecule has 0 heterocycles. The van der Waals surface area contributed by atoms with Gasteiger partial charge in [0.15, 0.2) is 0 Å². The molecule has 0 bridgehead atoms. The highest BCUT2D eigenvalue weighted by Crippen LogP contribution is 2.20. The zero-order chi connectivity index (χ0) is 21.0. The van der Waals surface area contributed by atoms with Gasteiger partial charge in [-0.2, -0.15) is 0 Å². The first-order valence-electron chi connectivity index (χ1n) is 12.0. The molecule has 0 unspecified atom stereocenters. The van der Waals surface area contributed by atoms with Crippen LogP contribution in [0.15, 0.2) is 72.8 Å². The molecule has 0 aliphatic carbocycles. The van der Waals surface area contributed by atoms with Crippen molar-refractivity contribution in [1.82, 2.24) is 0 Å². The summed E-state index contributed by atoms with van der Waals surface area (Å²) in [6, 6.07) is 27.3. The van der Waals surface area contributed by atoms with Gasteiger partial charge in [0.05, 0.1) is 0 Å². The van der Waals surface area contributed by atoms with E-state index in [0.29, 0.717) is 0 Å². The molecule has 0 nitrogen and oxygen atoms in total. The van der Waals surface area contributed by atoms with Gasteiger partial charge in [0.2, 0.25) is 0 Å². The molecule has 0 spiro atoms. The van der Waals surface area contributed by atoms with Gasteiger partial charge < -0.3 is 0 Å². The highest BCUT2D eigenvalue weighted by molar-refractivity contribution is 5.37. The Kier molecular flexibility index (Phi) is 9.22. The lowest BCUT2D eigenvalue weighted by Crippen LogP contribution is -1.98. The van der Waals surface area contributed by atoms with Crippen molar-refractivity contribution in [1.29, 1.82) is 0 Å². The molecule has 0 saturated carbocycles. The van der Waals surface area contributed by atoms with E-state index in [9.17, 15) is 0 Å². The van der Waals surface area contributed by atoms with Gasteiger partial charge in [-0.15, -0.1) is 0 Å². The SMILES string of the molecule is CCCCCc1ccccc1Cc1ccc(Cc2ccccc2CCCCC)cc1. The Morgan fingerprint density at radius 1 is 0.433 bits per heavy atom. The average Bonchev–Trinajstić information content (AvgIpc) is 2.78. The zero-order valence-corrected chi connectivity index (χ0v) is 19.0. The third-order valence-corrected chi connectivity index (χ3v) is 6.15. The summed E-state index contributed by atoms with van der Waals surface area (Å²) < 4.78 is 0. The Bertz CT molecular complexity index is 798. The molecule has 0 amide bonds. The van der Waals surface area contributed by atoms with Crippen molar-refractivity contribution in [3.8, 4) is 0 Å². The zero-order valence-electron chi connectivity index (χ0n) is 19.0. The molecule has 0 heteroatoms. The second-order valence-electron chi connectivity index (χ2n) is 8.62. The largest absolute Gasteiger partial charge is 0.0654 e. The first-order chi connectivity index (χ1) is 14.8. The number of rotatable bonds is 12. The predicted octanol–water partition coefficient (Wildman–Crippen LogP) is 8.33. The van der Waals surface area contributed by atoms with E-state index in [1.807, 2.05) is 0 Å². The van der Waals surface area contributed by atoms with Crippen molar-refractivity contribution in [2.45, 2.75) is 78.1 Å². The van der Waals surface area contributed by atoms with Gasteiger partial charge in [-0.1, -0.05) is 112 Å². The van der Waals surface area contributed by atoms with E-state index in [2.05, 4.69) is 86.6 Å². The third kappa shape index (κ3) is 6.87. The maximum atomic E-state index is 2.33. The van der Waals surface area contributed by atoms with Gasteiger partial charge >= 0.3 is 0 Å². The van der Waals surface area contributed by atoms with Crippen molar-refractivity contribution in [3.05, 3.63) is 106 Å². The molecule has 3 rings (SSSR count). The van der Waals surface area contributed by atoms with Crippen molar-refractivity contribution < 1.29 is 0 Å². The topological polar surface area (TPSA) is 0 Å². The Hall–Kier alpha value is -2.34. The lowest BCUT2D eigenvalue weighted by molar-refractivity contribution is 0.714. The van der Waals surface area contributed by atoms with Crippen LogP contribution in [0.2, 0.25) is 0 Å². The van der Waals surface area contributed by atoms with Crippen LogP contribution in [-0.2, 0) is 25.7 Å². The minimum absolute atomic E-state index is 1.04. The van der Waals surface area contributed by atoms with Crippen LogP contribution in [0.4, 0.5) is 0 Å². The van der Waals surface area contributed by atoms with Crippen molar-refractivity contribution >= 4 is 0 Å². The summed E-state index contributed by atoms with van der Waals surface area (Å²) in [7, 11) is 0. The van der Waals surface area contributed by atoms with Gasteiger partial charge in [0.1, 0.15) is 0 Å². The summed E-state index contributed by atoms with van der Waals surface area (Å²) in [5.41, 5.74) is 8.85. The lowest BCUT2D eigenvalue weighted by atomic mass is 9.94. The summed E-state index contributed by atoms with van der Waals surface area (Å²) in [5, 5.41) is 0. The molecule has 0 N–H and O–H groups in total. The van der Waals surface area contributed by atoms with Crippen LogP contribution in [-0.4, -0.2) is 0 Å². The monoisotopic (exact) mass is 398 g/mol. The molecule has 30 heavy (non-hydrogen) atoms. The molecule has 3 aromatic rings. The minimum Gasteiger partial charge on any atom is -0.0654 e. The molecule has 158 valence electrons. The van der Waals surface area contributed by atoms with Crippen molar-refractivity contribution in [2.24, 2.45) is 0 Å². The van der Waals surface area contributed by atoms with Gasteiger partial charge in [-0.05, 0) is 71.9 Å². The molecule has 0 saturated heterocycles. The van der Waals surface area contributed by atoms with Crippen LogP contribution in [0.5, 0.6) is 0 Å². The quantitative estimate of drug-likeness (QED) is 0.269. The van der Waals surface area contributed by atoms with E-state index >= 15 is 0 Å². The molecule has 3 aromatic carbocycles. The van der Waals surface area contributed by atoms with Crippen molar-refractivity contribution in [3.63, 3.8) is 0 Å². The molecule has 0 atom stereocenters. The van der Waals surface area contributed by atoms with Gasteiger partial charge in [-0.3, -0.25) is 0 Å². The number of aryl methyl sites for hydroxylation is 2. The maximum Gasteiger partial charge on any atom is -0.00230 e. The molecule has 0 aliphatic heterocycles. The molecular formula is C30H38. The minimum atomic E-state index is 1.04. The standard InChI is InChI=1S/C30H38/c1-3-5-7-13-27-15-9-11-17-29(27)23-25-19-21-26(22-20-25)24-30-18-12-10-16-28(30)14-8-6-4-2/h9-12,15-22H,3-8,13-14,23-24H2,1-2H3. The molecule has 0 aliphatic rings. The van der Waals surface area contributed by atoms with Crippen LogP contribution in [0.3, 0.4) is 0 Å². The van der Waals surface area contributed by atoms with E-state index in [0.717, 1.165) is 12.8 Å². The van der Waals surface area contributed by atoms with Crippen LogP contribution in [0, 0.1) is 0 Å². The second kappa shape index (κ2) is 12.4. The first-order valence-corrected chi connectivity index (χ1v) is 12.0. The van der Waals surface area contributed by atoms with Gasteiger partial charge in [0, 0.05) is 0 Å². The number of hydrogen-bond acceptors (Lipinski definition) is 0. The smallest absolute Gasteiger partial charge is 0.00230 e. The van der Waals surface area contributed by atoms with Crippen LogP contribution >= 0.6 is 0 Å². The predicted molar refractivity (Wildman–Crippen MR) is 131 cm³/mol. The second-order valence-corrected chi connectivity index (χ2v) is 8.62. The summed E-state index contributed by atoms with van der Waals surface area (Å²) in [4.78, 5) is 0. The highest BCUT2D eigenvalue weighted by atomic mass is 14.1. The average molecular weight is 399 g/mol. The van der Waals surface area contributed by atoms with E-state index in [1.165, 1.54) is 84.7 Å². The maximum absolute atomic E-state index is 2.33. The summed E-state index contributed by atoms with van der Waals surface area (Å²) in [6.07, 6.45) is 12.3. The molecule has 0 aromatic heterocycles. The lowest BCUT2D eigenvalue weighted by Gasteiger charge is -2.12. The summed E-state index contributed by atoms with van der Waals surface area (Å²) in [5.74, 6) is 0. The molecular weight excluding hydrogens is 360 g/mol. The van der Waals surface area contributed by atoms with Gasteiger partial charge in [0.25, 0.3) is 0 Å². The highest BCUT2D eigenvalue weighted by Gasteiger charge is 2.06. The fraction of sp³-hybridized carbons (Fsp3) is 0.400. The summed E-state index contributed by atoms with van der Waals surface area (Å²) in [6.45, 7) is 4.55. The number of benzene rings is 3. The fourth-order valence-electron chi connectivity index (χ4n) is 4.29. The third-order valence-electron chi connectivity index (χ3n) is 6.15. The first kappa shape index (κ1) is 22.3. The van der Waals surface area contributed by atoms with E-state index < -0.39 is 0 Å². The molecule has 0 radical (unpaired) electrons. The van der Waals surface area contributed by atoms with Crippen LogP contribution < -0.4 is 0 Å². The van der Waals surface area contributed by atoms with E-state index in [1.54, 1.807) is 0 Å². The number of unbranched alkanes of at least 4 members (excludes halogenated alkanes) is 4. The Balaban J connectivity index is 1.64. The van der Waals surface area contributed by atoms with Crippen LogP contribution in [0.1, 0.15) is 85.8 Å². The van der Waals surface area contributed by atoms with Crippen molar-refractivity contribution in [2.75, 3.05) is 0 Å². The van der Waals surface area contributed by atoms with E-state index in [-0.39, 0.29) is 0 Å². The Morgan fingerprint density at radius 2 is 0.800 bits per heavy atom. The normalized spacial score (nSPS) is 11.0. The van der Waals surface area contributed by atoms with Crippen LogP contribution in [0.25, 0.3) is 0 Å². The number of hydrogen-bond donors (Lipinski definition) is 0.